The summed E-state index contributed by atoms with van der Waals surface area (Å²) in [5.41, 5.74) is 0. The van der Waals surface area contributed by atoms with E-state index >= 15 is 0 Å². The average molecular weight is 235 g/mol. The number of ether oxygens (including phenoxy) is 1. The molecule has 1 aromatic carbocycles. The molecule has 0 radical (unpaired) electrons. The fourth-order valence-corrected chi connectivity index (χ4v) is 1.64. The molecule has 6 heteroatoms. The van der Waals surface area contributed by atoms with Gasteiger partial charge in [0.25, 0.3) is 9.05 Å². The van der Waals surface area contributed by atoms with Crippen LogP contribution in [0.4, 0.5) is 0 Å². The third kappa shape index (κ3) is 3.01. The van der Waals surface area contributed by atoms with Crippen molar-refractivity contribution in [3.63, 3.8) is 0 Å². The van der Waals surface area contributed by atoms with Crippen LogP contribution in [0.1, 0.15) is 6.92 Å². The molecule has 14 heavy (non-hydrogen) atoms. The van der Waals surface area contributed by atoms with Crippen molar-refractivity contribution in [1.29, 1.82) is 0 Å². The maximum absolute atomic E-state index is 10.9. The third-order valence-corrected chi connectivity index (χ3v) is 2.70. The van der Waals surface area contributed by atoms with Crippen LogP contribution in [0.15, 0.2) is 29.2 Å². The van der Waals surface area contributed by atoms with E-state index in [2.05, 4.69) is 4.74 Å². The van der Waals surface area contributed by atoms with E-state index in [1.165, 1.54) is 31.2 Å². The van der Waals surface area contributed by atoms with Gasteiger partial charge in [-0.2, -0.15) is 0 Å². The van der Waals surface area contributed by atoms with Crippen molar-refractivity contribution in [1.82, 2.24) is 0 Å². The van der Waals surface area contributed by atoms with Crippen LogP contribution in [0.25, 0.3) is 0 Å². The molecule has 0 aliphatic heterocycles. The first-order chi connectivity index (χ1) is 6.39. The molecule has 0 aliphatic rings. The zero-order valence-corrected chi connectivity index (χ0v) is 8.80. The number of hydrogen-bond acceptors (Lipinski definition) is 4. The zero-order valence-electron chi connectivity index (χ0n) is 7.23. The minimum atomic E-state index is -3.78. The second-order valence-corrected chi connectivity index (χ2v) is 5.07. The number of esters is 1. The number of rotatable bonds is 2. The van der Waals surface area contributed by atoms with Crippen molar-refractivity contribution < 1.29 is 17.9 Å². The van der Waals surface area contributed by atoms with Gasteiger partial charge >= 0.3 is 5.97 Å². The Morgan fingerprint density at radius 1 is 1.43 bits per heavy atom. The third-order valence-electron chi connectivity index (χ3n) is 1.35. The Morgan fingerprint density at radius 2 is 2.07 bits per heavy atom. The van der Waals surface area contributed by atoms with E-state index in [-0.39, 0.29) is 10.6 Å². The van der Waals surface area contributed by atoms with Gasteiger partial charge in [0, 0.05) is 23.7 Å². The van der Waals surface area contributed by atoms with E-state index in [4.69, 9.17) is 10.7 Å². The number of carbonyl (C=O) groups excluding carboxylic acids is 1. The summed E-state index contributed by atoms with van der Waals surface area (Å²) in [6, 6.07) is 5.40. The molecule has 0 aromatic heterocycles. The van der Waals surface area contributed by atoms with Crippen LogP contribution in [-0.4, -0.2) is 14.4 Å². The molecule has 0 unspecified atom stereocenters. The van der Waals surface area contributed by atoms with Gasteiger partial charge in [0.2, 0.25) is 0 Å². The van der Waals surface area contributed by atoms with Gasteiger partial charge in [-0.15, -0.1) is 0 Å². The zero-order chi connectivity index (χ0) is 10.8. The summed E-state index contributed by atoms with van der Waals surface area (Å²) in [6.45, 7) is 1.22. The fourth-order valence-electron chi connectivity index (χ4n) is 0.855. The summed E-state index contributed by atoms with van der Waals surface area (Å²) in [5, 5.41) is 0. The van der Waals surface area contributed by atoms with Crippen molar-refractivity contribution in [2.75, 3.05) is 0 Å². The van der Waals surface area contributed by atoms with E-state index in [1.54, 1.807) is 0 Å². The Hall–Kier alpha value is -1.07. The fraction of sp³-hybridized carbons (Fsp3) is 0.125. The van der Waals surface area contributed by atoms with Crippen LogP contribution in [0.2, 0.25) is 0 Å². The summed E-state index contributed by atoms with van der Waals surface area (Å²) in [5.74, 6) is -0.367. The first-order valence-corrected chi connectivity index (χ1v) is 5.93. The quantitative estimate of drug-likeness (QED) is 0.442. The molecule has 76 valence electrons. The summed E-state index contributed by atoms with van der Waals surface area (Å²) in [4.78, 5) is 10.5. The SMILES string of the molecule is CC(=O)Oc1cccc(S(=O)(=O)Cl)c1. The number of halogens is 1. The van der Waals surface area contributed by atoms with Gasteiger partial charge in [-0.05, 0) is 12.1 Å². The number of hydrogen-bond donors (Lipinski definition) is 0. The second kappa shape index (κ2) is 3.98. The summed E-state index contributed by atoms with van der Waals surface area (Å²) in [6.07, 6.45) is 0. The van der Waals surface area contributed by atoms with Crippen LogP contribution in [0.3, 0.4) is 0 Å². The first-order valence-electron chi connectivity index (χ1n) is 3.63. The van der Waals surface area contributed by atoms with E-state index in [9.17, 15) is 13.2 Å². The topological polar surface area (TPSA) is 60.4 Å². The molecule has 1 aromatic rings. The van der Waals surface area contributed by atoms with Crippen LogP contribution in [0.5, 0.6) is 5.75 Å². The minimum absolute atomic E-state index is 0.0992. The van der Waals surface area contributed by atoms with Gasteiger partial charge < -0.3 is 4.74 Å². The maximum atomic E-state index is 10.9. The Morgan fingerprint density at radius 3 is 2.57 bits per heavy atom. The molecule has 0 spiro atoms. The molecular formula is C8H7ClO4S. The van der Waals surface area contributed by atoms with Crippen molar-refractivity contribution in [3.8, 4) is 5.75 Å². The molecule has 0 N–H and O–H groups in total. The smallest absolute Gasteiger partial charge is 0.308 e. The van der Waals surface area contributed by atoms with E-state index in [0.717, 1.165) is 0 Å². The predicted molar refractivity (Wildman–Crippen MR) is 50.8 cm³/mol. The Labute approximate surface area is 85.9 Å². The number of benzene rings is 1. The standard InChI is InChI=1S/C8H7ClO4S/c1-6(10)13-7-3-2-4-8(5-7)14(9,11)12/h2-5H,1H3. The van der Waals surface area contributed by atoms with Crippen LogP contribution in [-0.2, 0) is 13.8 Å². The molecule has 0 saturated heterocycles. The molecule has 0 fully saturated rings. The van der Waals surface area contributed by atoms with Gasteiger partial charge in [-0.25, -0.2) is 8.42 Å². The number of carbonyl (C=O) groups is 1. The van der Waals surface area contributed by atoms with E-state index in [0.29, 0.717) is 0 Å². The maximum Gasteiger partial charge on any atom is 0.308 e. The lowest BCUT2D eigenvalue weighted by atomic mass is 10.3. The summed E-state index contributed by atoms with van der Waals surface area (Å²) >= 11 is 0. The van der Waals surface area contributed by atoms with Gasteiger partial charge in [0.15, 0.2) is 0 Å². The van der Waals surface area contributed by atoms with Crippen molar-refractivity contribution in [3.05, 3.63) is 24.3 Å². The van der Waals surface area contributed by atoms with Crippen molar-refractivity contribution in [2.45, 2.75) is 11.8 Å². The largest absolute Gasteiger partial charge is 0.427 e. The lowest BCUT2D eigenvalue weighted by Gasteiger charge is -2.01. The Balaban J connectivity index is 3.08. The molecule has 1 rings (SSSR count). The van der Waals surface area contributed by atoms with Crippen LogP contribution >= 0.6 is 10.7 Å². The molecule has 0 aliphatic carbocycles. The molecule has 0 atom stereocenters. The van der Waals surface area contributed by atoms with Crippen molar-refractivity contribution in [2.24, 2.45) is 0 Å². The monoisotopic (exact) mass is 234 g/mol. The molecule has 4 nitrogen and oxygen atoms in total. The van der Waals surface area contributed by atoms with Crippen LogP contribution in [0, 0.1) is 0 Å². The minimum Gasteiger partial charge on any atom is -0.427 e. The lowest BCUT2D eigenvalue weighted by Crippen LogP contribution is -2.02. The lowest BCUT2D eigenvalue weighted by molar-refractivity contribution is -0.131. The predicted octanol–water partition coefficient (Wildman–Crippen LogP) is 1.54. The summed E-state index contributed by atoms with van der Waals surface area (Å²) in [7, 11) is 1.32. The molecule has 0 amide bonds. The highest BCUT2D eigenvalue weighted by Gasteiger charge is 2.10. The molecule has 0 heterocycles. The van der Waals surface area contributed by atoms with Crippen molar-refractivity contribution >= 4 is 25.7 Å². The average Bonchev–Trinajstić information content (AvgIpc) is 2.01. The van der Waals surface area contributed by atoms with Crippen LogP contribution < -0.4 is 4.74 Å². The first kappa shape index (κ1) is 11.0. The highest BCUT2D eigenvalue weighted by Crippen LogP contribution is 2.20. The van der Waals surface area contributed by atoms with Gasteiger partial charge in [-0.3, -0.25) is 4.79 Å². The highest BCUT2D eigenvalue weighted by molar-refractivity contribution is 8.13. The van der Waals surface area contributed by atoms with Gasteiger partial charge in [0.05, 0.1) is 4.90 Å². The van der Waals surface area contributed by atoms with E-state index < -0.39 is 15.0 Å². The molecule has 0 saturated carbocycles. The van der Waals surface area contributed by atoms with E-state index in [1.807, 2.05) is 0 Å². The highest BCUT2D eigenvalue weighted by atomic mass is 35.7. The van der Waals surface area contributed by atoms with Gasteiger partial charge in [0.1, 0.15) is 5.75 Å². The molecule has 0 bridgehead atoms. The second-order valence-electron chi connectivity index (χ2n) is 2.51. The molecular weight excluding hydrogens is 228 g/mol. The Kier molecular flexibility index (Phi) is 3.13. The summed E-state index contributed by atoms with van der Waals surface area (Å²) < 4.78 is 26.5. The normalized spacial score (nSPS) is 11.0. The van der Waals surface area contributed by atoms with Gasteiger partial charge in [-0.1, -0.05) is 6.07 Å². The Bertz CT molecular complexity index is 452.